The van der Waals surface area contributed by atoms with Crippen LogP contribution in [0.1, 0.15) is 59.9 Å². The summed E-state index contributed by atoms with van der Waals surface area (Å²) in [6.07, 6.45) is 4.61. The predicted molar refractivity (Wildman–Crippen MR) is 76.7 cm³/mol. The first-order valence-corrected chi connectivity index (χ1v) is 6.94. The molecule has 1 heterocycles. The Morgan fingerprint density at radius 1 is 1.06 bits per heavy atom. The summed E-state index contributed by atoms with van der Waals surface area (Å²) in [6, 6.07) is 3.94. The van der Waals surface area contributed by atoms with Crippen molar-refractivity contribution in [1.82, 2.24) is 4.98 Å². The lowest BCUT2D eigenvalue weighted by molar-refractivity contribution is 0.291. The number of ether oxygens (including phenoxy) is 1. The zero-order valence-corrected chi connectivity index (χ0v) is 12.6. The van der Waals surface area contributed by atoms with Gasteiger partial charge in [0.15, 0.2) is 0 Å². The summed E-state index contributed by atoms with van der Waals surface area (Å²) >= 11 is 0. The summed E-state index contributed by atoms with van der Waals surface area (Å²) in [5, 5.41) is 0. The fraction of sp³-hybridized carbons (Fsp3) is 0.667. The summed E-state index contributed by atoms with van der Waals surface area (Å²) in [6.45, 7) is 14.0. The molecule has 2 nitrogen and oxygen atoms in total. The van der Waals surface area contributed by atoms with Crippen molar-refractivity contribution in [3.05, 3.63) is 23.9 Å². The molecule has 1 aliphatic rings. The summed E-state index contributed by atoms with van der Waals surface area (Å²) < 4.78 is 5.50. The van der Waals surface area contributed by atoms with Crippen molar-refractivity contribution < 1.29 is 4.74 Å². The van der Waals surface area contributed by atoms with E-state index in [1.165, 1.54) is 18.4 Å². The van der Waals surface area contributed by atoms with Crippen LogP contribution in [0.3, 0.4) is 0 Å². The molecule has 100 valence electrons. The molecule has 0 N–H and O–H groups in total. The Kier molecular flexibility index (Phi) is 14.0. The van der Waals surface area contributed by atoms with Crippen LogP contribution in [0.5, 0.6) is 5.88 Å². The average Bonchev–Trinajstić information content (AvgIpc) is 3.21. The maximum atomic E-state index is 5.50. The zero-order chi connectivity index (χ0) is 13.7. The monoisotopic (exact) mass is 239 g/mol. The number of hydrogen-bond donors (Lipinski definition) is 0. The fourth-order valence-electron chi connectivity index (χ4n) is 0.930. The van der Waals surface area contributed by atoms with E-state index in [-0.39, 0.29) is 0 Å². The molecule has 2 rings (SSSR count). The van der Waals surface area contributed by atoms with Gasteiger partial charge in [0.1, 0.15) is 6.10 Å². The number of aromatic nitrogens is 1. The van der Waals surface area contributed by atoms with Gasteiger partial charge in [0.25, 0.3) is 0 Å². The van der Waals surface area contributed by atoms with Gasteiger partial charge in [0.05, 0.1) is 0 Å². The highest BCUT2D eigenvalue weighted by Crippen LogP contribution is 2.25. The number of pyridine rings is 1. The second-order valence-corrected chi connectivity index (χ2v) is 2.99. The van der Waals surface area contributed by atoms with Crippen LogP contribution in [0.15, 0.2) is 18.3 Å². The molecule has 1 saturated carbocycles. The molecule has 1 aromatic heterocycles. The highest BCUT2D eigenvalue weighted by atomic mass is 16.5. The molecule has 0 bridgehead atoms. The molecule has 0 radical (unpaired) electrons. The minimum Gasteiger partial charge on any atom is -0.474 e. The molecule has 0 aliphatic heterocycles. The van der Waals surface area contributed by atoms with Crippen molar-refractivity contribution in [3.63, 3.8) is 0 Å². The summed E-state index contributed by atoms with van der Waals surface area (Å²) in [4.78, 5) is 4.10. The molecule has 1 aliphatic carbocycles. The number of aryl methyl sites for hydroxylation is 1. The van der Waals surface area contributed by atoms with Crippen LogP contribution in [0.2, 0.25) is 0 Å². The Labute approximate surface area is 107 Å². The lowest BCUT2D eigenvalue weighted by atomic mass is 10.3. The smallest absolute Gasteiger partial charge is 0.213 e. The minimum atomic E-state index is 0.448. The van der Waals surface area contributed by atoms with Crippen molar-refractivity contribution in [1.29, 1.82) is 0 Å². The van der Waals surface area contributed by atoms with Gasteiger partial charge in [-0.15, -0.1) is 0 Å². The third-order valence-electron chi connectivity index (χ3n) is 1.70. The summed E-state index contributed by atoms with van der Waals surface area (Å²) in [7, 11) is 0. The maximum absolute atomic E-state index is 5.50. The molecule has 0 spiro atoms. The van der Waals surface area contributed by atoms with Crippen LogP contribution < -0.4 is 4.74 Å². The molecule has 0 aromatic carbocycles. The van der Waals surface area contributed by atoms with Gasteiger partial charge in [-0.2, -0.15) is 0 Å². The molecule has 0 atom stereocenters. The molecule has 1 fully saturated rings. The van der Waals surface area contributed by atoms with Gasteiger partial charge in [-0.25, -0.2) is 4.98 Å². The van der Waals surface area contributed by atoms with Crippen LogP contribution in [0.4, 0.5) is 0 Å². The zero-order valence-electron chi connectivity index (χ0n) is 12.6. The quantitative estimate of drug-likeness (QED) is 0.723. The van der Waals surface area contributed by atoms with E-state index in [9.17, 15) is 0 Å². The lowest BCUT2D eigenvalue weighted by Crippen LogP contribution is -1.97. The Hall–Kier alpha value is -1.05. The first kappa shape index (κ1) is 18.3. The van der Waals surface area contributed by atoms with Crippen molar-refractivity contribution in [2.75, 3.05) is 0 Å². The Bertz CT molecular complexity index is 257. The highest BCUT2D eigenvalue weighted by Gasteiger charge is 2.23. The molecule has 0 unspecified atom stereocenters. The van der Waals surface area contributed by atoms with Crippen molar-refractivity contribution in [2.45, 2.75) is 67.4 Å². The molecule has 0 amide bonds. The molecule has 2 heteroatoms. The Morgan fingerprint density at radius 2 is 1.59 bits per heavy atom. The van der Waals surface area contributed by atoms with Crippen LogP contribution in [-0.4, -0.2) is 11.1 Å². The molecular weight excluding hydrogens is 210 g/mol. The van der Waals surface area contributed by atoms with E-state index in [1.807, 2.05) is 60.6 Å². The number of nitrogens with zero attached hydrogens (tertiary/aromatic N) is 1. The predicted octanol–water partition coefficient (Wildman–Crippen LogP) is 5.01. The third-order valence-corrected chi connectivity index (χ3v) is 1.70. The SMILES string of the molecule is CC.CC.CC.Cc1ccnc(OC2CC2)c1. The van der Waals surface area contributed by atoms with E-state index in [4.69, 9.17) is 4.74 Å². The van der Waals surface area contributed by atoms with E-state index in [1.54, 1.807) is 6.20 Å². The van der Waals surface area contributed by atoms with Crippen LogP contribution >= 0.6 is 0 Å². The van der Waals surface area contributed by atoms with Gasteiger partial charge >= 0.3 is 0 Å². The van der Waals surface area contributed by atoms with Crippen LogP contribution in [0.25, 0.3) is 0 Å². The van der Waals surface area contributed by atoms with Gasteiger partial charge in [0.2, 0.25) is 5.88 Å². The lowest BCUT2D eigenvalue weighted by Gasteiger charge is -2.01. The van der Waals surface area contributed by atoms with E-state index >= 15 is 0 Å². The van der Waals surface area contributed by atoms with Gasteiger partial charge in [-0.3, -0.25) is 0 Å². The molecule has 17 heavy (non-hydrogen) atoms. The first-order chi connectivity index (χ1) is 8.34. The van der Waals surface area contributed by atoms with Gasteiger partial charge in [0, 0.05) is 12.3 Å². The van der Waals surface area contributed by atoms with E-state index in [0.717, 1.165) is 5.88 Å². The molecule has 1 aromatic rings. The van der Waals surface area contributed by atoms with E-state index < -0.39 is 0 Å². The minimum absolute atomic E-state index is 0.448. The Balaban J connectivity index is 0. The van der Waals surface area contributed by atoms with Gasteiger partial charge in [-0.1, -0.05) is 41.5 Å². The van der Waals surface area contributed by atoms with E-state index in [2.05, 4.69) is 4.98 Å². The van der Waals surface area contributed by atoms with Gasteiger partial charge in [-0.05, 0) is 31.4 Å². The Morgan fingerprint density at radius 3 is 2.00 bits per heavy atom. The highest BCUT2D eigenvalue weighted by molar-refractivity contribution is 5.19. The van der Waals surface area contributed by atoms with Crippen LogP contribution in [-0.2, 0) is 0 Å². The van der Waals surface area contributed by atoms with Crippen molar-refractivity contribution in [3.8, 4) is 5.88 Å². The van der Waals surface area contributed by atoms with Crippen molar-refractivity contribution in [2.24, 2.45) is 0 Å². The first-order valence-electron chi connectivity index (χ1n) is 6.94. The van der Waals surface area contributed by atoms with Crippen molar-refractivity contribution >= 4 is 0 Å². The number of hydrogen-bond acceptors (Lipinski definition) is 2. The molecule has 0 saturated heterocycles. The fourth-order valence-corrected chi connectivity index (χ4v) is 0.930. The normalized spacial score (nSPS) is 11.7. The largest absolute Gasteiger partial charge is 0.474 e. The summed E-state index contributed by atoms with van der Waals surface area (Å²) in [5.74, 6) is 0.771. The van der Waals surface area contributed by atoms with Gasteiger partial charge < -0.3 is 4.74 Å². The molecular formula is C15H29NO. The maximum Gasteiger partial charge on any atom is 0.213 e. The third kappa shape index (κ3) is 9.86. The second-order valence-electron chi connectivity index (χ2n) is 2.99. The van der Waals surface area contributed by atoms with E-state index in [0.29, 0.717) is 6.10 Å². The standard InChI is InChI=1S/C9H11NO.3C2H6/c1-7-4-5-10-9(6-7)11-8-2-3-8;3*1-2/h4-6,8H,2-3H2,1H3;3*1-2H3. The summed E-state index contributed by atoms with van der Waals surface area (Å²) in [5.41, 5.74) is 1.20. The number of rotatable bonds is 2. The van der Waals surface area contributed by atoms with Crippen LogP contribution in [0, 0.1) is 6.92 Å². The topological polar surface area (TPSA) is 22.1 Å². The average molecular weight is 239 g/mol. The second kappa shape index (κ2) is 13.0.